The van der Waals surface area contributed by atoms with E-state index in [2.05, 4.69) is 56.5 Å². The molecular formula is C19H26ClN3. The summed E-state index contributed by atoms with van der Waals surface area (Å²) >= 11 is 6.65. The maximum Gasteiger partial charge on any atom is 0.125 e. The molecule has 2 heterocycles. The molecular weight excluding hydrogens is 306 g/mol. The van der Waals surface area contributed by atoms with E-state index in [4.69, 9.17) is 11.6 Å². The minimum atomic E-state index is 0.281. The smallest absolute Gasteiger partial charge is 0.125 e. The van der Waals surface area contributed by atoms with Crippen molar-refractivity contribution in [2.45, 2.75) is 66.7 Å². The summed E-state index contributed by atoms with van der Waals surface area (Å²) in [6, 6.07) is 0. The Morgan fingerprint density at radius 1 is 0.957 bits per heavy atom. The van der Waals surface area contributed by atoms with Gasteiger partial charge in [0, 0.05) is 17.6 Å². The molecule has 1 unspecified atom stereocenters. The SMILES string of the molecule is Cc1nc(C)c(C(C)Cc2ncc(C)c(C(C)C)c2Cl)c(C)n1. The number of aryl methyl sites for hydroxylation is 4. The van der Waals surface area contributed by atoms with Crippen LogP contribution in [0.2, 0.25) is 5.02 Å². The van der Waals surface area contributed by atoms with E-state index in [9.17, 15) is 0 Å². The highest BCUT2D eigenvalue weighted by atomic mass is 35.5. The molecule has 0 radical (unpaired) electrons. The average molecular weight is 332 g/mol. The van der Waals surface area contributed by atoms with Crippen LogP contribution in [-0.4, -0.2) is 15.0 Å². The minimum absolute atomic E-state index is 0.281. The lowest BCUT2D eigenvalue weighted by Gasteiger charge is -2.19. The Hall–Kier alpha value is -1.48. The Balaban J connectivity index is 2.39. The molecule has 0 N–H and O–H groups in total. The molecule has 0 aromatic carbocycles. The topological polar surface area (TPSA) is 38.7 Å². The third kappa shape index (κ3) is 3.72. The van der Waals surface area contributed by atoms with Crippen LogP contribution in [0.15, 0.2) is 6.20 Å². The zero-order chi connectivity index (χ0) is 17.3. The summed E-state index contributed by atoms with van der Waals surface area (Å²) in [5, 5.41) is 0.815. The Labute approximate surface area is 144 Å². The highest BCUT2D eigenvalue weighted by molar-refractivity contribution is 6.32. The second-order valence-electron chi connectivity index (χ2n) is 6.73. The number of rotatable bonds is 4. The van der Waals surface area contributed by atoms with Gasteiger partial charge in [0.05, 0.1) is 10.7 Å². The minimum Gasteiger partial charge on any atom is -0.259 e. The third-order valence-corrected chi connectivity index (χ3v) is 4.76. The Bertz CT molecular complexity index is 700. The van der Waals surface area contributed by atoms with Crippen LogP contribution in [0.4, 0.5) is 0 Å². The quantitative estimate of drug-likeness (QED) is 0.770. The summed E-state index contributed by atoms with van der Waals surface area (Å²) in [5.41, 5.74) is 6.64. The fourth-order valence-corrected chi connectivity index (χ4v) is 3.97. The first-order chi connectivity index (χ1) is 10.7. The molecule has 0 aliphatic rings. The molecule has 0 aliphatic carbocycles. The second-order valence-corrected chi connectivity index (χ2v) is 7.11. The molecule has 0 spiro atoms. The van der Waals surface area contributed by atoms with Gasteiger partial charge in [0.25, 0.3) is 0 Å². The van der Waals surface area contributed by atoms with Crippen LogP contribution >= 0.6 is 11.6 Å². The maximum absolute atomic E-state index is 6.65. The van der Waals surface area contributed by atoms with Gasteiger partial charge in [-0.1, -0.05) is 32.4 Å². The van der Waals surface area contributed by atoms with Gasteiger partial charge < -0.3 is 0 Å². The van der Waals surface area contributed by atoms with Gasteiger partial charge >= 0.3 is 0 Å². The van der Waals surface area contributed by atoms with E-state index in [0.717, 1.165) is 39.9 Å². The number of halogens is 1. The van der Waals surface area contributed by atoms with Crippen LogP contribution in [0.3, 0.4) is 0 Å². The summed E-state index contributed by atoms with van der Waals surface area (Å²) in [6.45, 7) is 14.6. The van der Waals surface area contributed by atoms with Crippen LogP contribution in [-0.2, 0) is 6.42 Å². The van der Waals surface area contributed by atoms with Crippen molar-refractivity contribution < 1.29 is 0 Å². The molecule has 0 amide bonds. The summed E-state index contributed by atoms with van der Waals surface area (Å²) in [5.74, 6) is 1.50. The fourth-order valence-electron chi connectivity index (χ4n) is 3.48. The van der Waals surface area contributed by atoms with E-state index in [0.29, 0.717) is 5.92 Å². The zero-order valence-corrected chi connectivity index (χ0v) is 15.9. The molecule has 1 atom stereocenters. The first-order valence-corrected chi connectivity index (χ1v) is 8.55. The normalized spacial score (nSPS) is 12.7. The zero-order valence-electron chi connectivity index (χ0n) is 15.2. The first-order valence-electron chi connectivity index (χ1n) is 8.18. The number of pyridine rings is 1. The van der Waals surface area contributed by atoms with Crippen LogP contribution in [0.25, 0.3) is 0 Å². The van der Waals surface area contributed by atoms with Crippen molar-refractivity contribution >= 4 is 11.6 Å². The molecule has 23 heavy (non-hydrogen) atoms. The molecule has 2 rings (SSSR count). The highest BCUT2D eigenvalue weighted by Gasteiger charge is 2.19. The lowest BCUT2D eigenvalue weighted by Crippen LogP contribution is -2.10. The van der Waals surface area contributed by atoms with Crippen LogP contribution in [0, 0.1) is 27.7 Å². The van der Waals surface area contributed by atoms with Crippen molar-refractivity contribution in [1.29, 1.82) is 0 Å². The van der Waals surface area contributed by atoms with Gasteiger partial charge in [-0.2, -0.15) is 0 Å². The Morgan fingerprint density at radius 3 is 2.04 bits per heavy atom. The van der Waals surface area contributed by atoms with Crippen molar-refractivity contribution in [2.75, 3.05) is 0 Å². The van der Waals surface area contributed by atoms with Gasteiger partial charge in [0.2, 0.25) is 0 Å². The Kier molecular flexibility index (Phi) is 5.41. The molecule has 3 nitrogen and oxygen atoms in total. The van der Waals surface area contributed by atoms with Crippen molar-refractivity contribution in [3.63, 3.8) is 0 Å². The van der Waals surface area contributed by atoms with Crippen molar-refractivity contribution in [1.82, 2.24) is 15.0 Å². The van der Waals surface area contributed by atoms with Crippen molar-refractivity contribution in [3.05, 3.63) is 50.8 Å². The molecule has 0 saturated carbocycles. The van der Waals surface area contributed by atoms with Crippen LogP contribution in [0.5, 0.6) is 0 Å². The number of aromatic nitrogens is 3. The fraction of sp³-hybridized carbons (Fsp3) is 0.526. The van der Waals surface area contributed by atoms with Crippen molar-refractivity contribution in [2.24, 2.45) is 0 Å². The molecule has 2 aromatic rings. The molecule has 0 aliphatic heterocycles. The van der Waals surface area contributed by atoms with E-state index < -0.39 is 0 Å². The van der Waals surface area contributed by atoms with E-state index >= 15 is 0 Å². The maximum atomic E-state index is 6.65. The predicted molar refractivity (Wildman–Crippen MR) is 96.4 cm³/mol. The summed E-state index contributed by atoms with van der Waals surface area (Å²) < 4.78 is 0. The van der Waals surface area contributed by atoms with Gasteiger partial charge in [-0.25, -0.2) is 9.97 Å². The molecule has 0 saturated heterocycles. The lowest BCUT2D eigenvalue weighted by molar-refractivity contribution is 0.707. The monoisotopic (exact) mass is 331 g/mol. The van der Waals surface area contributed by atoms with Crippen molar-refractivity contribution in [3.8, 4) is 0 Å². The summed E-state index contributed by atoms with van der Waals surface area (Å²) in [6.07, 6.45) is 2.74. The number of hydrogen-bond acceptors (Lipinski definition) is 3. The van der Waals surface area contributed by atoms with Crippen LogP contribution in [0.1, 0.15) is 72.2 Å². The van der Waals surface area contributed by atoms with E-state index in [1.807, 2.05) is 13.1 Å². The van der Waals surface area contributed by atoms with Gasteiger partial charge in [-0.05, 0) is 62.6 Å². The summed E-state index contributed by atoms with van der Waals surface area (Å²) in [4.78, 5) is 13.6. The van der Waals surface area contributed by atoms with E-state index in [1.165, 1.54) is 11.1 Å². The third-order valence-electron chi connectivity index (χ3n) is 4.34. The lowest BCUT2D eigenvalue weighted by atomic mass is 9.91. The van der Waals surface area contributed by atoms with E-state index in [-0.39, 0.29) is 5.92 Å². The standard InChI is InChI=1S/C19H26ClN3/c1-10(2)17-12(4)9-21-16(19(17)20)8-11(3)18-13(5)22-15(7)23-14(18)6/h9-11H,8H2,1-7H3. The van der Waals surface area contributed by atoms with Crippen LogP contribution < -0.4 is 0 Å². The van der Waals surface area contributed by atoms with Gasteiger partial charge in [0.1, 0.15) is 5.82 Å². The first kappa shape index (κ1) is 17.9. The molecule has 0 bridgehead atoms. The van der Waals surface area contributed by atoms with E-state index in [1.54, 1.807) is 0 Å². The average Bonchev–Trinajstić information content (AvgIpc) is 2.40. The summed E-state index contributed by atoms with van der Waals surface area (Å²) in [7, 11) is 0. The largest absolute Gasteiger partial charge is 0.259 e. The molecule has 2 aromatic heterocycles. The number of nitrogens with zero attached hydrogens (tertiary/aromatic N) is 3. The molecule has 4 heteroatoms. The van der Waals surface area contributed by atoms with Gasteiger partial charge in [0.15, 0.2) is 0 Å². The number of hydrogen-bond donors (Lipinski definition) is 0. The molecule has 124 valence electrons. The van der Waals surface area contributed by atoms with Gasteiger partial charge in [-0.15, -0.1) is 0 Å². The molecule has 0 fully saturated rings. The Morgan fingerprint density at radius 2 is 1.52 bits per heavy atom. The predicted octanol–water partition coefficient (Wildman–Crippen LogP) is 5.23. The van der Waals surface area contributed by atoms with Gasteiger partial charge in [-0.3, -0.25) is 4.98 Å². The highest BCUT2D eigenvalue weighted by Crippen LogP contribution is 2.33. The second kappa shape index (κ2) is 6.96.